The van der Waals surface area contributed by atoms with Gasteiger partial charge in [-0.05, 0) is 24.1 Å². The third-order valence-electron chi connectivity index (χ3n) is 3.11. The van der Waals surface area contributed by atoms with Crippen molar-refractivity contribution in [2.24, 2.45) is 0 Å². The predicted octanol–water partition coefficient (Wildman–Crippen LogP) is 2.83. The lowest BCUT2D eigenvalue weighted by atomic mass is 10.1. The lowest BCUT2D eigenvalue weighted by Gasteiger charge is -2.12. The van der Waals surface area contributed by atoms with Gasteiger partial charge >= 0.3 is 0 Å². The van der Waals surface area contributed by atoms with Crippen LogP contribution in [0.1, 0.15) is 30.9 Å². The quantitative estimate of drug-likeness (QED) is 0.607. The number of terminal acetylenes is 1. The van der Waals surface area contributed by atoms with Crippen LogP contribution in [0.15, 0.2) is 30.5 Å². The summed E-state index contributed by atoms with van der Waals surface area (Å²) < 4.78 is 5.79. The van der Waals surface area contributed by atoms with Crippen molar-refractivity contribution in [3.8, 4) is 18.1 Å². The van der Waals surface area contributed by atoms with Crippen molar-refractivity contribution >= 4 is 11.8 Å². The Balaban J connectivity index is 2.03. The zero-order valence-corrected chi connectivity index (χ0v) is 12.7. The maximum absolute atomic E-state index is 5.79. The van der Waals surface area contributed by atoms with Gasteiger partial charge in [0.1, 0.15) is 6.61 Å². The van der Waals surface area contributed by atoms with E-state index in [0.29, 0.717) is 18.2 Å². The fourth-order valence-electron chi connectivity index (χ4n) is 1.86. The van der Waals surface area contributed by atoms with Gasteiger partial charge in [-0.2, -0.15) is 4.98 Å². The summed E-state index contributed by atoms with van der Waals surface area (Å²) in [5.41, 5.74) is 7.51. The Bertz CT molecular complexity index is 647. The first-order valence-electron chi connectivity index (χ1n) is 7.27. The largest absolute Gasteiger partial charge is 0.483 e. The van der Waals surface area contributed by atoms with Crippen LogP contribution in [-0.4, -0.2) is 16.5 Å². The van der Waals surface area contributed by atoms with Crippen molar-refractivity contribution in [2.75, 3.05) is 17.6 Å². The third-order valence-corrected chi connectivity index (χ3v) is 3.11. The van der Waals surface area contributed by atoms with Crippen molar-refractivity contribution in [3.63, 3.8) is 0 Å². The number of unbranched alkanes of at least 4 members (excludes halogenated alkanes) is 1. The topological polar surface area (TPSA) is 73.1 Å². The minimum absolute atomic E-state index is 0.227. The number of benzene rings is 1. The summed E-state index contributed by atoms with van der Waals surface area (Å²) in [6, 6.07) is 7.66. The minimum Gasteiger partial charge on any atom is -0.483 e. The van der Waals surface area contributed by atoms with E-state index in [-0.39, 0.29) is 5.95 Å². The maximum atomic E-state index is 5.79. The van der Waals surface area contributed by atoms with Gasteiger partial charge in [0.15, 0.2) is 11.6 Å². The van der Waals surface area contributed by atoms with Crippen LogP contribution < -0.4 is 15.8 Å². The number of ether oxygens (including phenoxy) is 1. The second-order valence-corrected chi connectivity index (χ2v) is 4.85. The summed E-state index contributed by atoms with van der Waals surface area (Å²) in [4.78, 5) is 8.17. The van der Waals surface area contributed by atoms with E-state index in [0.717, 1.165) is 30.5 Å². The lowest BCUT2D eigenvalue weighted by Crippen LogP contribution is -2.08. The molecular formula is C17H20N4O. The summed E-state index contributed by atoms with van der Waals surface area (Å²) in [7, 11) is 0. The second-order valence-electron chi connectivity index (χ2n) is 4.85. The van der Waals surface area contributed by atoms with E-state index in [4.69, 9.17) is 16.9 Å². The van der Waals surface area contributed by atoms with Crippen LogP contribution in [0.3, 0.4) is 0 Å². The summed E-state index contributed by atoms with van der Waals surface area (Å²) in [6.45, 7) is 3.37. The van der Waals surface area contributed by atoms with Crippen LogP contribution in [0.25, 0.3) is 0 Å². The van der Waals surface area contributed by atoms with E-state index in [9.17, 15) is 0 Å². The molecule has 0 atom stereocenters. The Morgan fingerprint density at radius 1 is 1.32 bits per heavy atom. The van der Waals surface area contributed by atoms with Gasteiger partial charge in [-0.25, -0.2) is 4.98 Å². The van der Waals surface area contributed by atoms with E-state index in [1.165, 1.54) is 0 Å². The van der Waals surface area contributed by atoms with E-state index in [2.05, 4.69) is 28.1 Å². The fourth-order valence-corrected chi connectivity index (χ4v) is 1.86. The number of nitrogens with one attached hydrogen (secondary N) is 1. The molecule has 0 saturated carbocycles. The Morgan fingerprint density at radius 3 is 2.77 bits per heavy atom. The Labute approximate surface area is 130 Å². The van der Waals surface area contributed by atoms with Crippen molar-refractivity contribution in [3.05, 3.63) is 41.6 Å². The molecule has 0 aliphatic rings. The van der Waals surface area contributed by atoms with Crippen molar-refractivity contribution in [1.82, 2.24) is 9.97 Å². The van der Waals surface area contributed by atoms with Crippen LogP contribution in [0.5, 0.6) is 5.75 Å². The summed E-state index contributed by atoms with van der Waals surface area (Å²) in [5, 5.41) is 3.23. The molecule has 1 heterocycles. The minimum atomic E-state index is 0.227. The molecule has 2 aromatic rings. The van der Waals surface area contributed by atoms with Crippen LogP contribution >= 0.6 is 0 Å². The van der Waals surface area contributed by atoms with Crippen LogP contribution in [0.2, 0.25) is 0 Å². The molecule has 5 heteroatoms. The average molecular weight is 296 g/mol. The van der Waals surface area contributed by atoms with Crippen molar-refractivity contribution < 1.29 is 4.74 Å². The number of hydrogen-bond donors (Lipinski definition) is 2. The number of hydrogen-bond acceptors (Lipinski definition) is 5. The zero-order valence-electron chi connectivity index (χ0n) is 12.7. The van der Waals surface area contributed by atoms with E-state index < -0.39 is 0 Å². The summed E-state index contributed by atoms with van der Waals surface area (Å²) in [6.07, 6.45) is 9.08. The fraction of sp³-hybridized carbons (Fsp3) is 0.294. The molecule has 2 rings (SSSR count). The molecule has 0 unspecified atom stereocenters. The van der Waals surface area contributed by atoms with Gasteiger partial charge < -0.3 is 15.8 Å². The standard InChI is InChI=1S/C17H20N4O/c1-3-5-10-19-16-15(11-20-17(18)21-16)22-12-14-8-6-13(4-2)7-9-14/h2,6-9,11H,3,5,10,12H2,1H3,(H3,18,19,20,21). The molecule has 0 fully saturated rings. The van der Waals surface area contributed by atoms with Crippen LogP contribution in [-0.2, 0) is 6.61 Å². The molecule has 1 aromatic carbocycles. The van der Waals surface area contributed by atoms with Gasteiger partial charge in [0.2, 0.25) is 5.95 Å². The Kier molecular flexibility index (Phi) is 5.61. The van der Waals surface area contributed by atoms with E-state index in [1.807, 2.05) is 24.3 Å². The Hall–Kier alpha value is -2.74. The first kappa shape index (κ1) is 15.6. The molecular weight excluding hydrogens is 276 g/mol. The number of nitrogens with two attached hydrogens (primary N) is 1. The number of nitrogens with zero attached hydrogens (tertiary/aromatic N) is 2. The molecule has 0 amide bonds. The Morgan fingerprint density at radius 2 is 2.09 bits per heavy atom. The zero-order chi connectivity index (χ0) is 15.8. The third kappa shape index (κ3) is 4.38. The molecule has 5 nitrogen and oxygen atoms in total. The number of anilines is 2. The molecule has 1 aromatic heterocycles. The van der Waals surface area contributed by atoms with Gasteiger partial charge in [-0.15, -0.1) is 6.42 Å². The van der Waals surface area contributed by atoms with Crippen LogP contribution in [0, 0.1) is 12.3 Å². The highest BCUT2D eigenvalue weighted by Crippen LogP contribution is 2.22. The summed E-state index contributed by atoms with van der Waals surface area (Å²) >= 11 is 0. The molecule has 0 aliphatic heterocycles. The highest BCUT2D eigenvalue weighted by molar-refractivity contribution is 5.51. The molecule has 22 heavy (non-hydrogen) atoms. The molecule has 0 radical (unpaired) electrons. The SMILES string of the molecule is C#Cc1ccc(COc2cnc(N)nc2NCCCC)cc1. The smallest absolute Gasteiger partial charge is 0.222 e. The van der Waals surface area contributed by atoms with E-state index in [1.54, 1.807) is 6.20 Å². The van der Waals surface area contributed by atoms with Gasteiger partial charge in [-0.3, -0.25) is 0 Å². The predicted molar refractivity (Wildman–Crippen MR) is 88.6 cm³/mol. The normalized spacial score (nSPS) is 10.0. The molecule has 0 bridgehead atoms. The lowest BCUT2D eigenvalue weighted by molar-refractivity contribution is 0.305. The van der Waals surface area contributed by atoms with Gasteiger partial charge in [0.25, 0.3) is 0 Å². The van der Waals surface area contributed by atoms with Crippen LogP contribution in [0.4, 0.5) is 11.8 Å². The van der Waals surface area contributed by atoms with Crippen molar-refractivity contribution in [2.45, 2.75) is 26.4 Å². The highest BCUT2D eigenvalue weighted by atomic mass is 16.5. The number of aromatic nitrogens is 2. The summed E-state index contributed by atoms with van der Waals surface area (Å²) in [5.74, 6) is 4.03. The highest BCUT2D eigenvalue weighted by Gasteiger charge is 2.07. The van der Waals surface area contributed by atoms with Gasteiger partial charge in [0.05, 0.1) is 6.20 Å². The first-order chi connectivity index (χ1) is 10.7. The van der Waals surface area contributed by atoms with Crippen molar-refractivity contribution in [1.29, 1.82) is 0 Å². The molecule has 0 aliphatic carbocycles. The molecule has 0 saturated heterocycles. The van der Waals surface area contributed by atoms with Gasteiger partial charge in [0, 0.05) is 12.1 Å². The van der Waals surface area contributed by atoms with Gasteiger partial charge in [-0.1, -0.05) is 31.4 Å². The monoisotopic (exact) mass is 296 g/mol. The average Bonchev–Trinajstić information content (AvgIpc) is 2.55. The first-order valence-corrected chi connectivity index (χ1v) is 7.27. The molecule has 3 N–H and O–H groups in total. The molecule has 114 valence electrons. The number of nitrogen functional groups attached to an aromatic ring is 1. The van der Waals surface area contributed by atoms with E-state index >= 15 is 0 Å². The maximum Gasteiger partial charge on any atom is 0.222 e. The molecule has 0 spiro atoms. The number of rotatable bonds is 7. The second kappa shape index (κ2) is 7.89.